The summed E-state index contributed by atoms with van der Waals surface area (Å²) in [5.74, 6) is 4.60. The number of hydrogen-bond acceptors (Lipinski definition) is 3. The van der Waals surface area contributed by atoms with Gasteiger partial charge in [0, 0.05) is 6.04 Å². The number of nitrogens with two attached hydrogens (primary N) is 1. The van der Waals surface area contributed by atoms with Crippen LogP contribution in [0.15, 0.2) is 0 Å². The average molecular weight is 282 g/mol. The summed E-state index contributed by atoms with van der Waals surface area (Å²) in [5.41, 5.74) is 5.96. The van der Waals surface area contributed by atoms with Crippen molar-refractivity contribution in [2.24, 2.45) is 29.4 Å². The van der Waals surface area contributed by atoms with Crippen molar-refractivity contribution < 1.29 is 4.79 Å². The molecule has 6 atom stereocenters. The highest BCUT2D eigenvalue weighted by molar-refractivity contribution is 7.98. The van der Waals surface area contributed by atoms with Crippen LogP contribution in [0, 0.1) is 23.7 Å². The summed E-state index contributed by atoms with van der Waals surface area (Å²) in [6, 6.07) is 0.114. The van der Waals surface area contributed by atoms with Crippen LogP contribution in [-0.4, -0.2) is 30.0 Å². The molecule has 3 N–H and O–H groups in total. The second-order valence-electron chi connectivity index (χ2n) is 6.66. The molecule has 3 nitrogen and oxygen atoms in total. The molecule has 3 saturated carbocycles. The van der Waals surface area contributed by atoms with Gasteiger partial charge >= 0.3 is 0 Å². The SMILES string of the molecule is CSCC[C@@H](N)C(=O)NC1CC2CC1C1CCCC21. The minimum absolute atomic E-state index is 0.0844. The van der Waals surface area contributed by atoms with Crippen molar-refractivity contribution >= 4 is 17.7 Å². The zero-order chi connectivity index (χ0) is 13.4. The normalized spacial score (nSPS) is 41.3. The molecule has 3 rings (SSSR count). The first-order valence-electron chi connectivity index (χ1n) is 7.75. The third-order valence-electron chi connectivity index (χ3n) is 5.73. The fraction of sp³-hybridized carbons (Fsp3) is 0.933. The molecule has 0 saturated heterocycles. The van der Waals surface area contributed by atoms with E-state index in [4.69, 9.17) is 5.73 Å². The third kappa shape index (κ3) is 2.54. The lowest BCUT2D eigenvalue weighted by molar-refractivity contribution is -0.123. The number of thioether (sulfide) groups is 1. The summed E-state index contributed by atoms with van der Waals surface area (Å²) in [6.07, 6.45) is 9.68. The molecule has 0 aromatic rings. The number of carbonyl (C=O) groups excluding carboxylic acids is 1. The van der Waals surface area contributed by atoms with Crippen LogP contribution in [0.25, 0.3) is 0 Å². The highest BCUT2D eigenvalue weighted by Gasteiger charge is 2.54. The maximum Gasteiger partial charge on any atom is 0.237 e. The van der Waals surface area contributed by atoms with Crippen molar-refractivity contribution in [2.45, 2.75) is 50.6 Å². The first kappa shape index (κ1) is 13.7. The zero-order valence-electron chi connectivity index (χ0n) is 11.8. The van der Waals surface area contributed by atoms with Gasteiger partial charge in [0.25, 0.3) is 0 Å². The molecule has 3 fully saturated rings. The van der Waals surface area contributed by atoms with E-state index in [1.54, 1.807) is 11.8 Å². The predicted molar refractivity (Wildman–Crippen MR) is 80.0 cm³/mol. The Labute approximate surface area is 120 Å². The second kappa shape index (κ2) is 5.65. The molecule has 4 heteroatoms. The average Bonchev–Trinajstić information content (AvgIpc) is 3.06. The minimum atomic E-state index is -0.314. The van der Waals surface area contributed by atoms with E-state index in [9.17, 15) is 4.79 Å². The molecule has 19 heavy (non-hydrogen) atoms. The Morgan fingerprint density at radius 3 is 2.89 bits per heavy atom. The molecule has 108 valence electrons. The highest BCUT2D eigenvalue weighted by Crippen LogP contribution is 2.58. The predicted octanol–water partition coefficient (Wildman–Crippen LogP) is 2.01. The van der Waals surface area contributed by atoms with Crippen molar-refractivity contribution in [3.05, 3.63) is 0 Å². The Morgan fingerprint density at radius 1 is 1.32 bits per heavy atom. The molecule has 0 aliphatic heterocycles. The number of carbonyl (C=O) groups is 1. The Bertz CT molecular complexity index is 349. The lowest BCUT2D eigenvalue weighted by Crippen LogP contribution is -2.49. The first-order valence-corrected chi connectivity index (χ1v) is 9.15. The van der Waals surface area contributed by atoms with Gasteiger partial charge in [-0.3, -0.25) is 4.79 Å². The highest BCUT2D eigenvalue weighted by atomic mass is 32.2. The van der Waals surface area contributed by atoms with Gasteiger partial charge in [-0.15, -0.1) is 0 Å². The van der Waals surface area contributed by atoms with E-state index in [1.807, 2.05) is 0 Å². The van der Waals surface area contributed by atoms with Crippen molar-refractivity contribution in [3.63, 3.8) is 0 Å². The van der Waals surface area contributed by atoms with E-state index >= 15 is 0 Å². The summed E-state index contributed by atoms with van der Waals surface area (Å²) >= 11 is 1.75. The summed E-state index contributed by atoms with van der Waals surface area (Å²) < 4.78 is 0. The molecule has 1 amide bonds. The number of hydrogen-bond donors (Lipinski definition) is 2. The van der Waals surface area contributed by atoms with Crippen LogP contribution in [0.1, 0.15) is 38.5 Å². The van der Waals surface area contributed by atoms with Crippen LogP contribution in [0.2, 0.25) is 0 Å². The summed E-state index contributed by atoms with van der Waals surface area (Å²) in [4.78, 5) is 12.1. The Kier molecular flexibility index (Phi) is 4.08. The van der Waals surface area contributed by atoms with Gasteiger partial charge < -0.3 is 11.1 Å². The van der Waals surface area contributed by atoms with E-state index in [2.05, 4.69) is 11.6 Å². The van der Waals surface area contributed by atoms with Crippen LogP contribution >= 0.6 is 11.8 Å². The van der Waals surface area contributed by atoms with E-state index < -0.39 is 0 Å². The summed E-state index contributed by atoms with van der Waals surface area (Å²) in [7, 11) is 0. The molecule has 5 unspecified atom stereocenters. The summed E-state index contributed by atoms with van der Waals surface area (Å²) in [6.45, 7) is 0. The fourth-order valence-corrected chi connectivity index (χ4v) is 5.39. The van der Waals surface area contributed by atoms with Crippen molar-refractivity contribution in [3.8, 4) is 0 Å². The molecular formula is C15H26N2OS. The van der Waals surface area contributed by atoms with Crippen LogP contribution in [-0.2, 0) is 4.79 Å². The Morgan fingerprint density at radius 2 is 2.11 bits per heavy atom. The quantitative estimate of drug-likeness (QED) is 0.811. The fourth-order valence-electron chi connectivity index (χ4n) is 4.90. The maximum atomic E-state index is 12.1. The number of nitrogens with one attached hydrogen (secondary N) is 1. The smallest absolute Gasteiger partial charge is 0.237 e. The monoisotopic (exact) mass is 282 g/mol. The van der Waals surface area contributed by atoms with E-state index in [-0.39, 0.29) is 11.9 Å². The Hall–Kier alpha value is -0.220. The van der Waals surface area contributed by atoms with Gasteiger partial charge in [-0.25, -0.2) is 0 Å². The standard InChI is InChI=1S/C15H26N2OS/c1-19-6-5-13(16)15(18)17-14-8-9-7-12(14)11-4-2-3-10(9)11/h9-14H,2-8,16H2,1H3,(H,17,18)/t9?,10?,11?,12?,13-,14?/m1/s1. The van der Waals surface area contributed by atoms with Gasteiger partial charge in [-0.05, 0) is 67.8 Å². The lowest BCUT2D eigenvalue weighted by Gasteiger charge is -2.32. The van der Waals surface area contributed by atoms with Crippen LogP contribution in [0.4, 0.5) is 0 Å². The molecular weight excluding hydrogens is 256 g/mol. The van der Waals surface area contributed by atoms with Crippen molar-refractivity contribution in [1.29, 1.82) is 0 Å². The van der Waals surface area contributed by atoms with E-state index in [1.165, 1.54) is 32.1 Å². The van der Waals surface area contributed by atoms with Crippen molar-refractivity contribution in [1.82, 2.24) is 5.32 Å². The molecule has 0 radical (unpaired) electrons. The largest absolute Gasteiger partial charge is 0.352 e. The molecule has 3 aliphatic rings. The topological polar surface area (TPSA) is 55.1 Å². The van der Waals surface area contributed by atoms with Crippen molar-refractivity contribution in [2.75, 3.05) is 12.0 Å². The molecule has 3 aliphatic carbocycles. The third-order valence-corrected chi connectivity index (χ3v) is 6.37. The van der Waals surface area contributed by atoms with Gasteiger partial charge in [-0.2, -0.15) is 11.8 Å². The molecule has 2 bridgehead atoms. The molecule has 0 spiro atoms. The summed E-state index contributed by atoms with van der Waals surface area (Å²) in [5, 5.41) is 3.26. The van der Waals surface area contributed by atoms with Gasteiger partial charge in [0.1, 0.15) is 0 Å². The molecule has 0 aromatic carbocycles. The molecule has 0 aromatic heterocycles. The van der Waals surface area contributed by atoms with Gasteiger partial charge in [0.2, 0.25) is 5.91 Å². The Balaban J connectivity index is 1.53. The van der Waals surface area contributed by atoms with E-state index in [0.29, 0.717) is 6.04 Å². The molecule has 0 heterocycles. The lowest BCUT2D eigenvalue weighted by atomic mass is 9.79. The maximum absolute atomic E-state index is 12.1. The van der Waals surface area contributed by atoms with Crippen LogP contribution in [0.3, 0.4) is 0 Å². The van der Waals surface area contributed by atoms with Crippen LogP contribution in [0.5, 0.6) is 0 Å². The number of amides is 1. The number of rotatable bonds is 5. The van der Waals surface area contributed by atoms with Gasteiger partial charge in [0.15, 0.2) is 0 Å². The van der Waals surface area contributed by atoms with Crippen LogP contribution < -0.4 is 11.1 Å². The number of fused-ring (bicyclic) bond motifs is 5. The first-order chi connectivity index (χ1) is 9.20. The van der Waals surface area contributed by atoms with Gasteiger partial charge in [0.05, 0.1) is 6.04 Å². The zero-order valence-corrected chi connectivity index (χ0v) is 12.6. The van der Waals surface area contributed by atoms with Gasteiger partial charge in [-0.1, -0.05) is 6.42 Å². The second-order valence-corrected chi connectivity index (χ2v) is 7.64. The van der Waals surface area contributed by atoms with E-state index in [0.717, 1.165) is 35.8 Å². The minimum Gasteiger partial charge on any atom is -0.352 e.